The van der Waals surface area contributed by atoms with Crippen LogP contribution in [0.3, 0.4) is 0 Å². The molecule has 200 valence electrons. The van der Waals surface area contributed by atoms with Gasteiger partial charge in [-0.25, -0.2) is 0 Å². The number of fused-ring (bicyclic) bond motifs is 5. The SMILES string of the molecule is FC(F)(F)C1(C(F)(F)F)OC2C3CC4C2C4C31.OC1CC2CC1C1C2OC1(C(F)(F)F)C(F)(F)F. The Morgan fingerprint density at radius 2 is 1.03 bits per heavy atom. The quantitative estimate of drug-likeness (QED) is 0.444. The molecule has 2 aliphatic heterocycles. The van der Waals surface area contributed by atoms with E-state index >= 15 is 0 Å². The zero-order valence-corrected chi connectivity index (χ0v) is 17.3. The summed E-state index contributed by atoms with van der Waals surface area (Å²) in [5, 5.41) is 9.51. The van der Waals surface area contributed by atoms with Crippen molar-refractivity contribution < 1.29 is 67.3 Å². The van der Waals surface area contributed by atoms with Gasteiger partial charge in [0.15, 0.2) is 0 Å². The molecule has 0 spiro atoms. The first-order valence-corrected chi connectivity index (χ1v) is 11.1. The van der Waals surface area contributed by atoms with E-state index in [0.717, 1.165) is 0 Å². The lowest BCUT2D eigenvalue weighted by atomic mass is 9.67. The zero-order chi connectivity index (χ0) is 25.9. The minimum Gasteiger partial charge on any atom is -0.393 e. The average Bonchev–Trinajstić information content (AvgIpc) is 3.14. The van der Waals surface area contributed by atoms with Gasteiger partial charge < -0.3 is 14.6 Å². The zero-order valence-electron chi connectivity index (χ0n) is 17.3. The molecule has 2 heterocycles. The molecule has 3 nitrogen and oxygen atoms in total. The maximum atomic E-state index is 12.9. The van der Waals surface area contributed by atoms with Gasteiger partial charge >= 0.3 is 24.7 Å². The lowest BCUT2D eigenvalue weighted by molar-refractivity contribution is -0.473. The molecular weight excluding hydrogens is 516 g/mol. The molecule has 11 atom stereocenters. The first-order valence-electron chi connectivity index (χ1n) is 11.1. The van der Waals surface area contributed by atoms with Crippen molar-refractivity contribution in [2.24, 2.45) is 47.3 Å². The van der Waals surface area contributed by atoms with E-state index in [0.29, 0.717) is 6.42 Å². The molecule has 15 heteroatoms. The second kappa shape index (κ2) is 6.36. The highest BCUT2D eigenvalue weighted by Crippen LogP contribution is 2.83. The first kappa shape index (κ1) is 24.4. The largest absolute Gasteiger partial charge is 0.426 e. The summed E-state index contributed by atoms with van der Waals surface area (Å²) in [6.07, 6.45) is -23.7. The number of aliphatic hydroxyl groups is 1. The van der Waals surface area contributed by atoms with Crippen LogP contribution in [0.2, 0.25) is 0 Å². The number of aliphatic hydroxyl groups excluding tert-OH is 1. The summed E-state index contributed by atoms with van der Waals surface area (Å²) in [4.78, 5) is 0. The predicted molar refractivity (Wildman–Crippen MR) is 87.2 cm³/mol. The van der Waals surface area contributed by atoms with Gasteiger partial charge in [-0.15, -0.1) is 0 Å². The van der Waals surface area contributed by atoms with Gasteiger partial charge in [-0.3, -0.25) is 0 Å². The second-order valence-corrected chi connectivity index (χ2v) is 10.9. The first-order chi connectivity index (χ1) is 15.8. The highest BCUT2D eigenvalue weighted by molar-refractivity contribution is 5.31. The summed E-state index contributed by atoms with van der Waals surface area (Å²) in [5.74, 6) is -5.32. The van der Waals surface area contributed by atoms with Crippen LogP contribution in [0.5, 0.6) is 0 Å². The maximum Gasteiger partial charge on any atom is 0.426 e. The van der Waals surface area contributed by atoms with E-state index in [1.54, 1.807) is 0 Å². The Bertz CT molecular complexity index is 894. The van der Waals surface area contributed by atoms with E-state index in [2.05, 4.69) is 9.47 Å². The van der Waals surface area contributed by atoms with E-state index in [9.17, 15) is 57.8 Å². The number of hydrogen-bond donors (Lipinski definition) is 1. The molecule has 0 radical (unpaired) electrons. The van der Waals surface area contributed by atoms with E-state index in [1.165, 1.54) is 0 Å². The van der Waals surface area contributed by atoms with Crippen LogP contribution in [0.15, 0.2) is 0 Å². The molecule has 1 N–H and O–H groups in total. The predicted octanol–water partition coefficient (Wildman–Crippen LogP) is 5.03. The lowest BCUT2D eigenvalue weighted by Crippen LogP contribution is -2.76. The van der Waals surface area contributed by atoms with Gasteiger partial charge in [0.2, 0.25) is 0 Å². The molecule has 11 unspecified atom stereocenters. The van der Waals surface area contributed by atoms with Crippen molar-refractivity contribution in [1.82, 2.24) is 0 Å². The third kappa shape index (κ3) is 2.58. The molecule has 0 aromatic rings. The summed E-state index contributed by atoms with van der Waals surface area (Å²) < 4.78 is 163. The monoisotopic (exact) mass is 534 g/mol. The van der Waals surface area contributed by atoms with Crippen LogP contribution in [-0.4, -0.2) is 59.3 Å². The summed E-state index contributed by atoms with van der Waals surface area (Å²) in [6, 6.07) is 0. The number of hydrogen-bond acceptors (Lipinski definition) is 3. The van der Waals surface area contributed by atoms with Gasteiger partial charge in [-0.05, 0) is 54.8 Å². The topological polar surface area (TPSA) is 38.7 Å². The summed E-state index contributed by atoms with van der Waals surface area (Å²) in [5.41, 5.74) is -7.97. The maximum absolute atomic E-state index is 12.9. The number of ether oxygens (including phenoxy) is 2. The molecule has 8 fully saturated rings. The van der Waals surface area contributed by atoms with E-state index in [-0.39, 0.29) is 30.6 Å². The Labute approximate surface area is 189 Å². The molecule has 6 aliphatic carbocycles. The minimum absolute atomic E-state index is 0.0252. The fourth-order valence-electron chi connectivity index (χ4n) is 8.66. The van der Waals surface area contributed by atoms with Crippen LogP contribution in [0.4, 0.5) is 52.7 Å². The number of halogens is 12. The van der Waals surface area contributed by atoms with Crippen molar-refractivity contribution in [2.75, 3.05) is 0 Å². The van der Waals surface area contributed by atoms with Gasteiger partial charge in [0.05, 0.1) is 18.3 Å². The second-order valence-electron chi connectivity index (χ2n) is 10.9. The fourth-order valence-corrected chi connectivity index (χ4v) is 8.66. The van der Waals surface area contributed by atoms with Crippen molar-refractivity contribution in [3.8, 4) is 0 Å². The van der Waals surface area contributed by atoms with E-state index in [1.807, 2.05) is 0 Å². The summed E-state index contributed by atoms with van der Waals surface area (Å²) in [7, 11) is 0. The molecular formula is C20H18F12O3. The number of alkyl halides is 12. The highest BCUT2D eigenvalue weighted by atomic mass is 19.4. The van der Waals surface area contributed by atoms with Crippen LogP contribution in [0.25, 0.3) is 0 Å². The van der Waals surface area contributed by atoms with Crippen molar-refractivity contribution >= 4 is 0 Å². The van der Waals surface area contributed by atoms with Crippen LogP contribution in [-0.2, 0) is 9.47 Å². The molecule has 0 aromatic carbocycles. The van der Waals surface area contributed by atoms with Gasteiger partial charge in [0, 0.05) is 11.8 Å². The molecule has 0 aromatic heterocycles. The van der Waals surface area contributed by atoms with Crippen LogP contribution >= 0.6 is 0 Å². The molecule has 8 aliphatic rings. The van der Waals surface area contributed by atoms with Gasteiger partial charge in [0.1, 0.15) is 0 Å². The third-order valence-electron chi connectivity index (χ3n) is 9.67. The Morgan fingerprint density at radius 3 is 1.46 bits per heavy atom. The van der Waals surface area contributed by atoms with Crippen molar-refractivity contribution in [2.45, 2.75) is 73.5 Å². The Kier molecular flexibility index (Phi) is 4.43. The third-order valence-corrected chi connectivity index (χ3v) is 9.67. The van der Waals surface area contributed by atoms with E-state index < -0.39 is 83.8 Å². The van der Waals surface area contributed by atoms with Crippen LogP contribution in [0, 0.1) is 47.3 Å². The van der Waals surface area contributed by atoms with Crippen molar-refractivity contribution in [1.29, 1.82) is 0 Å². The standard InChI is InChI=1S/C10H10F6O2.C10H8F6O/c11-9(12,13)8(10(14,15)16)6-4-1-3(2-5(4)17)7(6)18-8;11-9(12,13)8(10(14,15)16)6-3-1-2-4(6)5(2)7(3)17-8/h3-7,17H,1-2H2;2-7H,1H2. The molecule has 0 amide bonds. The summed E-state index contributed by atoms with van der Waals surface area (Å²) >= 11 is 0. The smallest absolute Gasteiger partial charge is 0.393 e. The minimum atomic E-state index is -5.50. The average molecular weight is 534 g/mol. The Morgan fingerprint density at radius 1 is 0.543 bits per heavy atom. The summed E-state index contributed by atoms with van der Waals surface area (Å²) in [6.45, 7) is 0. The lowest BCUT2D eigenvalue weighted by Gasteiger charge is -2.57. The Balaban J connectivity index is 0.000000131. The van der Waals surface area contributed by atoms with Crippen LogP contribution in [0.1, 0.15) is 19.3 Å². The van der Waals surface area contributed by atoms with Gasteiger partial charge in [-0.1, -0.05) is 0 Å². The fraction of sp³-hybridized carbons (Fsp3) is 1.00. The van der Waals surface area contributed by atoms with E-state index in [4.69, 9.17) is 0 Å². The molecule has 8 rings (SSSR count). The molecule has 6 saturated carbocycles. The van der Waals surface area contributed by atoms with Gasteiger partial charge in [0.25, 0.3) is 11.2 Å². The van der Waals surface area contributed by atoms with Crippen LogP contribution < -0.4 is 0 Å². The molecule has 35 heavy (non-hydrogen) atoms. The molecule has 8 bridgehead atoms. The van der Waals surface area contributed by atoms with Crippen molar-refractivity contribution in [3.05, 3.63) is 0 Å². The van der Waals surface area contributed by atoms with Gasteiger partial charge in [-0.2, -0.15) is 52.7 Å². The number of rotatable bonds is 0. The highest BCUT2D eigenvalue weighted by Gasteiger charge is 2.92. The molecule has 2 saturated heterocycles. The Hall–Kier alpha value is -0.960. The normalized spacial score (nSPS) is 49.5. The van der Waals surface area contributed by atoms with Crippen molar-refractivity contribution in [3.63, 3.8) is 0 Å².